The van der Waals surface area contributed by atoms with Crippen molar-refractivity contribution in [3.63, 3.8) is 0 Å². The predicted octanol–water partition coefficient (Wildman–Crippen LogP) is 1.93. The van der Waals surface area contributed by atoms with E-state index in [9.17, 15) is 9.59 Å². The van der Waals surface area contributed by atoms with E-state index in [2.05, 4.69) is 12.6 Å². The van der Waals surface area contributed by atoms with Crippen LogP contribution in [0.25, 0.3) is 0 Å². The van der Waals surface area contributed by atoms with Gasteiger partial charge in [-0.3, -0.25) is 9.69 Å². The lowest BCUT2D eigenvalue weighted by Crippen LogP contribution is -2.46. The van der Waals surface area contributed by atoms with Gasteiger partial charge in [0, 0.05) is 19.5 Å². The second kappa shape index (κ2) is 5.97. The average molecular weight is 280 g/mol. The molecule has 102 valence electrons. The molecule has 0 aliphatic carbocycles. The molecule has 0 atom stereocenters. The van der Waals surface area contributed by atoms with E-state index in [0.29, 0.717) is 31.0 Å². The molecule has 19 heavy (non-hydrogen) atoms. The molecule has 6 heteroatoms. The van der Waals surface area contributed by atoms with Gasteiger partial charge in [-0.1, -0.05) is 12.1 Å². The zero-order valence-electron chi connectivity index (χ0n) is 10.7. The maximum Gasteiger partial charge on any atom is 0.414 e. The Labute approximate surface area is 117 Å². The van der Waals surface area contributed by atoms with E-state index in [-0.39, 0.29) is 5.91 Å². The first kappa shape index (κ1) is 13.7. The summed E-state index contributed by atoms with van der Waals surface area (Å²) in [7, 11) is 1.35. The first-order valence-electron chi connectivity index (χ1n) is 6.04. The van der Waals surface area contributed by atoms with Gasteiger partial charge in [0.05, 0.1) is 18.5 Å². The molecular weight excluding hydrogens is 264 g/mol. The van der Waals surface area contributed by atoms with Crippen LogP contribution in [-0.2, 0) is 9.53 Å². The van der Waals surface area contributed by atoms with E-state index in [1.54, 1.807) is 9.80 Å². The highest BCUT2D eigenvalue weighted by molar-refractivity contribution is 7.80. The lowest BCUT2D eigenvalue weighted by Gasteiger charge is -2.35. The molecule has 5 nitrogen and oxygen atoms in total. The summed E-state index contributed by atoms with van der Waals surface area (Å²) in [5, 5.41) is 0. The number of amides is 2. The van der Waals surface area contributed by atoms with Crippen LogP contribution in [0, 0.1) is 0 Å². The van der Waals surface area contributed by atoms with Crippen molar-refractivity contribution >= 4 is 36.0 Å². The van der Waals surface area contributed by atoms with Gasteiger partial charge in [-0.05, 0) is 17.9 Å². The fourth-order valence-corrected chi connectivity index (χ4v) is 2.34. The number of anilines is 2. The highest BCUT2D eigenvalue weighted by Crippen LogP contribution is 2.33. The van der Waals surface area contributed by atoms with Crippen LogP contribution in [0.15, 0.2) is 24.3 Å². The molecule has 0 radical (unpaired) electrons. The van der Waals surface area contributed by atoms with Gasteiger partial charge in [-0.25, -0.2) is 4.79 Å². The Morgan fingerprint density at radius 3 is 2.37 bits per heavy atom. The molecule has 1 heterocycles. The van der Waals surface area contributed by atoms with Crippen LogP contribution in [0.3, 0.4) is 0 Å². The van der Waals surface area contributed by atoms with Gasteiger partial charge in [0.1, 0.15) is 0 Å². The van der Waals surface area contributed by atoms with E-state index in [0.717, 1.165) is 5.69 Å². The largest absolute Gasteiger partial charge is 0.452 e. The average Bonchev–Trinajstić information content (AvgIpc) is 2.45. The number of hydrogen-bond donors (Lipinski definition) is 1. The molecule has 0 spiro atoms. The molecule has 0 bridgehead atoms. The minimum absolute atomic E-state index is 0.0203. The summed E-state index contributed by atoms with van der Waals surface area (Å²) in [5.74, 6) is 0.532. The second-order valence-electron chi connectivity index (χ2n) is 4.13. The monoisotopic (exact) mass is 280 g/mol. The maximum atomic E-state index is 12.0. The third kappa shape index (κ3) is 2.68. The van der Waals surface area contributed by atoms with Crippen LogP contribution >= 0.6 is 12.6 Å². The molecule has 0 aromatic heterocycles. The smallest absolute Gasteiger partial charge is 0.414 e. The van der Waals surface area contributed by atoms with Crippen molar-refractivity contribution in [3.05, 3.63) is 24.3 Å². The van der Waals surface area contributed by atoms with Crippen molar-refractivity contribution in [1.82, 2.24) is 0 Å². The highest BCUT2D eigenvalue weighted by atomic mass is 32.1. The Kier molecular flexibility index (Phi) is 4.31. The van der Waals surface area contributed by atoms with Crippen LogP contribution in [0.5, 0.6) is 0 Å². The van der Waals surface area contributed by atoms with Crippen molar-refractivity contribution in [2.24, 2.45) is 0 Å². The van der Waals surface area contributed by atoms with Crippen molar-refractivity contribution < 1.29 is 14.3 Å². The molecular formula is C13H16N2O3S. The third-order valence-corrected chi connectivity index (χ3v) is 3.26. The number of fused-ring (bicyclic) bond motifs is 1. The number of carbonyl (C=O) groups excluding carboxylic acids is 2. The lowest BCUT2D eigenvalue weighted by atomic mass is 10.1. The van der Waals surface area contributed by atoms with Crippen molar-refractivity contribution in [3.8, 4) is 0 Å². The summed E-state index contributed by atoms with van der Waals surface area (Å²) in [5.41, 5.74) is 1.44. The molecule has 2 rings (SSSR count). The number of methoxy groups -OCH3 is 1. The van der Waals surface area contributed by atoms with Gasteiger partial charge in [0.2, 0.25) is 5.91 Å². The van der Waals surface area contributed by atoms with Crippen LogP contribution in [0.4, 0.5) is 16.2 Å². The maximum absolute atomic E-state index is 12.0. The standard InChI is InChI=1S/C13H16N2O3S/c1-18-13(17)15-8-7-14(12(16)6-9-19)10-4-2-3-5-11(10)15/h2-5,19H,6-9H2,1H3. The zero-order chi connectivity index (χ0) is 13.8. The predicted molar refractivity (Wildman–Crippen MR) is 77.0 cm³/mol. The number of hydrogen-bond acceptors (Lipinski definition) is 4. The third-order valence-electron chi connectivity index (χ3n) is 3.03. The van der Waals surface area contributed by atoms with E-state index in [1.807, 2.05) is 24.3 Å². The van der Waals surface area contributed by atoms with Gasteiger partial charge in [-0.15, -0.1) is 0 Å². The number of para-hydroxylation sites is 2. The number of thiol groups is 1. The summed E-state index contributed by atoms with van der Waals surface area (Å²) < 4.78 is 4.76. The number of ether oxygens (including phenoxy) is 1. The Hall–Kier alpha value is -1.69. The van der Waals surface area contributed by atoms with E-state index >= 15 is 0 Å². The fraction of sp³-hybridized carbons (Fsp3) is 0.385. The minimum atomic E-state index is -0.409. The summed E-state index contributed by atoms with van der Waals surface area (Å²) >= 11 is 4.08. The van der Waals surface area contributed by atoms with Gasteiger partial charge < -0.3 is 9.64 Å². The van der Waals surface area contributed by atoms with E-state index in [4.69, 9.17) is 4.74 Å². The van der Waals surface area contributed by atoms with Crippen LogP contribution in [0.1, 0.15) is 6.42 Å². The topological polar surface area (TPSA) is 49.9 Å². The summed E-state index contributed by atoms with van der Waals surface area (Å²) in [6.45, 7) is 0.903. The molecule has 1 aromatic carbocycles. The molecule has 1 aliphatic rings. The normalized spacial score (nSPS) is 14.0. The van der Waals surface area contributed by atoms with Gasteiger partial charge >= 0.3 is 6.09 Å². The molecule has 1 aliphatic heterocycles. The van der Waals surface area contributed by atoms with Crippen LogP contribution in [-0.4, -0.2) is 38.0 Å². The molecule has 1 aromatic rings. The first-order chi connectivity index (χ1) is 9.19. The SMILES string of the molecule is COC(=O)N1CCN(C(=O)CCS)c2ccccc21. The molecule has 0 saturated heterocycles. The highest BCUT2D eigenvalue weighted by Gasteiger charge is 2.29. The van der Waals surface area contributed by atoms with Gasteiger partial charge in [0.25, 0.3) is 0 Å². The van der Waals surface area contributed by atoms with Crippen molar-refractivity contribution in [2.75, 3.05) is 35.8 Å². The lowest BCUT2D eigenvalue weighted by molar-refractivity contribution is -0.118. The van der Waals surface area contributed by atoms with E-state index < -0.39 is 6.09 Å². The van der Waals surface area contributed by atoms with Crippen LogP contribution in [0.2, 0.25) is 0 Å². The van der Waals surface area contributed by atoms with E-state index in [1.165, 1.54) is 7.11 Å². The molecule has 0 saturated carbocycles. The summed E-state index contributed by atoms with van der Waals surface area (Å²) in [6, 6.07) is 7.33. The molecule has 0 unspecified atom stereocenters. The van der Waals surface area contributed by atoms with Gasteiger partial charge in [0.15, 0.2) is 0 Å². The Morgan fingerprint density at radius 1 is 1.21 bits per heavy atom. The molecule has 0 fully saturated rings. The van der Waals surface area contributed by atoms with Crippen LogP contribution < -0.4 is 9.80 Å². The molecule has 2 amide bonds. The number of benzene rings is 1. The molecule has 0 N–H and O–H groups in total. The second-order valence-corrected chi connectivity index (χ2v) is 4.58. The van der Waals surface area contributed by atoms with Crippen molar-refractivity contribution in [2.45, 2.75) is 6.42 Å². The minimum Gasteiger partial charge on any atom is -0.452 e. The first-order valence-corrected chi connectivity index (χ1v) is 6.68. The summed E-state index contributed by atoms with van der Waals surface area (Å²) in [4.78, 5) is 27.0. The number of nitrogens with zero attached hydrogens (tertiary/aromatic N) is 2. The summed E-state index contributed by atoms with van der Waals surface area (Å²) in [6.07, 6.45) is -0.0240. The van der Waals surface area contributed by atoms with Crippen molar-refractivity contribution in [1.29, 1.82) is 0 Å². The van der Waals surface area contributed by atoms with Gasteiger partial charge in [-0.2, -0.15) is 12.6 Å². The number of rotatable bonds is 2. The zero-order valence-corrected chi connectivity index (χ0v) is 11.6. The Bertz CT molecular complexity index is 493. The quantitative estimate of drug-likeness (QED) is 0.842. The fourth-order valence-electron chi connectivity index (χ4n) is 2.15. The number of carbonyl (C=O) groups is 2. The Balaban J connectivity index is 2.34. The Morgan fingerprint density at radius 2 is 1.79 bits per heavy atom.